The molecule has 1 aromatic heterocycles. The lowest BCUT2D eigenvalue weighted by atomic mass is 10.1. The highest BCUT2D eigenvalue weighted by Gasteiger charge is 2.52. The number of likely N-dealkylation sites (tertiary alicyclic amines) is 1. The Labute approximate surface area is 172 Å². The molecule has 3 saturated heterocycles. The summed E-state index contributed by atoms with van der Waals surface area (Å²) in [6, 6.07) is 2.03. The van der Waals surface area contributed by atoms with Gasteiger partial charge in [0.15, 0.2) is 0 Å². The fourth-order valence-corrected chi connectivity index (χ4v) is 5.43. The number of amides is 4. The van der Waals surface area contributed by atoms with E-state index in [1.54, 1.807) is 9.80 Å². The van der Waals surface area contributed by atoms with Gasteiger partial charge in [0.05, 0.1) is 12.5 Å². The second-order valence-corrected chi connectivity index (χ2v) is 9.45. The van der Waals surface area contributed by atoms with Gasteiger partial charge < -0.3 is 20.4 Å². The van der Waals surface area contributed by atoms with Crippen molar-refractivity contribution in [2.45, 2.75) is 56.3 Å². The Morgan fingerprint density at radius 3 is 2.79 bits per heavy atom. The first kappa shape index (κ1) is 18.6. The maximum Gasteiger partial charge on any atom is 0.248 e. The van der Waals surface area contributed by atoms with E-state index in [0.717, 1.165) is 17.7 Å². The highest BCUT2D eigenvalue weighted by Crippen LogP contribution is 2.32. The fourth-order valence-electron chi connectivity index (χ4n) is 4.74. The third-order valence-electron chi connectivity index (χ3n) is 6.39. The maximum atomic E-state index is 13.4. The van der Waals surface area contributed by atoms with Gasteiger partial charge in [0.1, 0.15) is 12.1 Å². The Balaban J connectivity index is 1.32. The van der Waals surface area contributed by atoms with Crippen LogP contribution < -0.4 is 10.6 Å². The first-order chi connectivity index (χ1) is 14.0. The average Bonchev–Trinajstić information content (AvgIpc) is 3.10. The summed E-state index contributed by atoms with van der Waals surface area (Å²) < 4.78 is 0. The minimum Gasteiger partial charge on any atom is -0.351 e. The second-order valence-electron chi connectivity index (χ2n) is 8.41. The normalized spacial score (nSPS) is 31.2. The Hall–Kier alpha value is -2.42. The van der Waals surface area contributed by atoms with Gasteiger partial charge in [-0.2, -0.15) is 0 Å². The summed E-state index contributed by atoms with van der Waals surface area (Å²) >= 11 is 1.52. The maximum absolute atomic E-state index is 13.4. The van der Waals surface area contributed by atoms with Crippen molar-refractivity contribution in [2.24, 2.45) is 5.92 Å². The number of carbonyl (C=O) groups is 4. The molecule has 1 saturated carbocycles. The van der Waals surface area contributed by atoms with E-state index in [1.165, 1.54) is 11.3 Å². The van der Waals surface area contributed by atoms with Crippen molar-refractivity contribution in [3.8, 4) is 0 Å². The van der Waals surface area contributed by atoms with Crippen LogP contribution in [-0.2, 0) is 25.6 Å². The van der Waals surface area contributed by atoms with Crippen LogP contribution in [0.1, 0.15) is 30.6 Å². The Morgan fingerprint density at radius 1 is 1.24 bits per heavy atom. The Kier molecular flexibility index (Phi) is 4.57. The smallest absolute Gasteiger partial charge is 0.248 e. The molecule has 2 N–H and O–H groups in total. The van der Waals surface area contributed by atoms with Gasteiger partial charge in [-0.3, -0.25) is 19.2 Å². The average molecular weight is 417 g/mol. The molecule has 1 aromatic rings. The van der Waals surface area contributed by atoms with Crippen molar-refractivity contribution in [3.63, 3.8) is 0 Å². The van der Waals surface area contributed by atoms with Crippen LogP contribution in [0, 0.1) is 5.92 Å². The lowest BCUT2D eigenvalue weighted by Crippen LogP contribution is -2.53. The highest BCUT2D eigenvalue weighted by atomic mass is 32.1. The van der Waals surface area contributed by atoms with E-state index in [1.807, 2.05) is 17.5 Å². The molecule has 8 nitrogen and oxygen atoms in total. The van der Waals surface area contributed by atoms with Crippen molar-refractivity contribution in [1.29, 1.82) is 0 Å². The van der Waals surface area contributed by atoms with Gasteiger partial charge in [-0.1, -0.05) is 6.07 Å². The highest BCUT2D eigenvalue weighted by molar-refractivity contribution is 7.10. The minimum atomic E-state index is -0.658. The molecule has 0 unspecified atom stereocenters. The first-order valence-corrected chi connectivity index (χ1v) is 11.1. The molecule has 4 fully saturated rings. The van der Waals surface area contributed by atoms with E-state index in [-0.39, 0.29) is 48.1 Å². The number of rotatable bonds is 4. The molecule has 0 spiro atoms. The van der Waals surface area contributed by atoms with Crippen LogP contribution in [0.5, 0.6) is 0 Å². The summed E-state index contributed by atoms with van der Waals surface area (Å²) in [7, 11) is 0. The quantitative estimate of drug-likeness (QED) is 0.715. The summed E-state index contributed by atoms with van der Waals surface area (Å²) in [4.78, 5) is 55.3. The second kappa shape index (κ2) is 7.12. The molecule has 4 amide bonds. The van der Waals surface area contributed by atoms with Gasteiger partial charge in [-0.15, -0.1) is 11.3 Å². The molecule has 0 bridgehead atoms. The molecule has 9 heteroatoms. The fraction of sp³-hybridized carbons (Fsp3) is 0.600. The van der Waals surface area contributed by atoms with E-state index in [0.29, 0.717) is 25.9 Å². The van der Waals surface area contributed by atoms with Crippen molar-refractivity contribution in [3.05, 3.63) is 22.4 Å². The molecule has 1 aliphatic carbocycles. The number of nitrogens with zero attached hydrogens (tertiary/aromatic N) is 2. The van der Waals surface area contributed by atoms with Crippen molar-refractivity contribution < 1.29 is 19.2 Å². The van der Waals surface area contributed by atoms with Crippen LogP contribution in [0.25, 0.3) is 0 Å². The molecule has 4 aliphatic rings. The predicted octanol–water partition coefficient (Wildman–Crippen LogP) is -0.114. The Bertz CT molecular complexity index is 853. The van der Waals surface area contributed by atoms with E-state index >= 15 is 0 Å². The predicted molar refractivity (Wildman–Crippen MR) is 105 cm³/mol. The van der Waals surface area contributed by atoms with Crippen LogP contribution in [0.4, 0.5) is 0 Å². The summed E-state index contributed by atoms with van der Waals surface area (Å²) in [5.74, 6) is -0.338. The zero-order chi connectivity index (χ0) is 20.1. The molecular weight excluding hydrogens is 392 g/mol. The van der Waals surface area contributed by atoms with Gasteiger partial charge in [0.2, 0.25) is 23.6 Å². The van der Waals surface area contributed by atoms with Crippen LogP contribution in [-0.4, -0.2) is 70.7 Å². The third-order valence-corrected chi connectivity index (χ3v) is 7.26. The van der Waals surface area contributed by atoms with Gasteiger partial charge in [-0.25, -0.2) is 0 Å². The van der Waals surface area contributed by atoms with Crippen molar-refractivity contribution >= 4 is 35.0 Å². The third kappa shape index (κ3) is 3.41. The largest absolute Gasteiger partial charge is 0.351 e. The summed E-state index contributed by atoms with van der Waals surface area (Å²) in [6.07, 6.45) is 3.11. The lowest BCUT2D eigenvalue weighted by molar-refractivity contribution is -0.144. The van der Waals surface area contributed by atoms with Crippen LogP contribution in [0.3, 0.4) is 0 Å². The van der Waals surface area contributed by atoms with Crippen molar-refractivity contribution in [1.82, 2.24) is 20.4 Å². The molecule has 0 aromatic carbocycles. The molecule has 0 radical (unpaired) electrons. The molecule has 3 aliphatic heterocycles. The van der Waals surface area contributed by atoms with E-state index in [9.17, 15) is 19.2 Å². The summed E-state index contributed by atoms with van der Waals surface area (Å²) in [5, 5.41) is 7.91. The number of thiophene rings is 1. The molecule has 5 rings (SSSR count). The van der Waals surface area contributed by atoms with Crippen LogP contribution in [0.15, 0.2) is 17.5 Å². The molecule has 4 atom stereocenters. The van der Waals surface area contributed by atoms with Crippen LogP contribution in [0.2, 0.25) is 0 Å². The van der Waals surface area contributed by atoms with Gasteiger partial charge >= 0.3 is 0 Å². The van der Waals surface area contributed by atoms with E-state index < -0.39 is 12.1 Å². The molecule has 4 heterocycles. The van der Waals surface area contributed by atoms with E-state index in [4.69, 9.17) is 0 Å². The SMILES string of the molecule is O=C(N[C@H]1C[C@@H]2C(=O)N[C@H]3CCN(C(=O)Cc4cccs4)[C@@H]3C(=O)N2C1)C1CC1. The number of hydrogen-bond donors (Lipinski definition) is 2. The number of carbonyl (C=O) groups excluding carboxylic acids is 4. The molecule has 29 heavy (non-hydrogen) atoms. The number of fused-ring (bicyclic) bond motifs is 2. The van der Waals surface area contributed by atoms with Crippen LogP contribution >= 0.6 is 11.3 Å². The zero-order valence-corrected chi connectivity index (χ0v) is 16.8. The number of hydrogen-bond acceptors (Lipinski definition) is 5. The standard InChI is InChI=1S/C20H24N4O4S/c25-16(9-13-2-1-7-29-13)23-6-5-14-17(23)20(28)24-10-12(8-15(24)19(27)22-14)21-18(26)11-3-4-11/h1-2,7,11-12,14-15,17H,3-6,8-10H2,(H,21,26)(H,22,27)/t12-,14-,15+,17-/m0/s1. The number of nitrogens with one attached hydrogen (secondary N) is 2. The zero-order valence-electron chi connectivity index (χ0n) is 16.0. The monoisotopic (exact) mass is 416 g/mol. The van der Waals surface area contributed by atoms with Gasteiger partial charge in [0, 0.05) is 29.9 Å². The molecular formula is C20H24N4O4S. The molecule has 154 valence electrons. The summed E-state index contributed by atoms with van der Waals surface area (Å²) in [6.45, 7) is 0.789. The van der Waals surface area contributed by atoms with Crippen molar-refractivity contribution in [2.75, 3.05) is 13.1 Å². The topological polar surface area (TPSA) is 98.8 Å². The Morgan fingerprint density at radius 2 is 2.07 bits per heavy atom. The first-order valence-electron chi connectivity index (χ1n) is 10.2. The lowest BCUT2D eigenvalue weighted by Gasteiger charge is -2.29. The minimum absolute atomic E-state index is 0.0204. The van der Waals surface area contributed by atoms with Gasteiger partial charge in [-0.05, 0) is 37.1 Å². The van der Waals surface area contributed by atoms with E-state index in [2.05, 4.69) is 10.6 Å². The summed E-state index contributed by atoms with van der Waals surface area (Å²) in [5.41, 5.74) is 0. The van der Waals surface area contributed by atoms with Gasteiger partial charge in [0.25, 0.3) is 0 Å².